The van der Waals surface area contributed by atoms with E-state index in [9.17, 15) is 14.7 Å². The molecule has 0 aliphatic rings. The molecule has 0 spiro atoms. The zero-order valence-corrected chi connectivity index (χ0v) is 12.7. The number of nitrogens with one attached hydrogen (secondary N) is 1. The van der Waals surface area contributed by atoms with Gasteiger partial charge in [0.2, 0.25) is 5.91 Å². The number of phenols is 1. The summed E-state index contributed by atoms with van der Waals surface area (Å²) in [4.78, 5) is 22.6. The monoisotopic (exact) mass is 335 g/mol. The molecule has 0 aromatic heterocycles. The number of carbonyl (C=O) groups excluding carboxylic acids is 1. The fourth-order valence-electron chi connectivity index (χ4n) is 1.83. The van der Waals surface area contributed by atoms with Gasteiger partial charge in [-0.3, -0.25) is 4.79 Å². The molecule has 0 radical (unpaired) electrons. The summed E-state index contributed by atoms with van der Waals surface area (Å²) in [5, 5.41) is 21.4. The molecule has 0 saturated heterocycles. The molecule has 2 rings (SSSR count). The van der Waals surface area contributed by atoms with Crippen molar-refractivity contribution in [2.24, 2.45) is 0 Å². The number of hydrogen-bond donors (Lipinski definition) is 3. The number of carboxylic acid groups (broad SMARTS) is 1. The molecular formula is C16H14ClNO5. The number of carbonyl (C=O) groups is 2. The normalized spacial score (nSPS) is 10.1. The minimum Gasteiger partial charge on any atom is -0.507 e. The fourth-order valence-corrected chi connectivity index (χ4v) is 2.02. The van der Waals surface area contributed by atoms with Crippen LogP contribution in [0.1, 0.15) is 16.8 Å². The summed E-state index contributed by atoms with van der Waals surface area (Å²) in [6.07, 6.45) is 0.0761. The third-order valence-corrected chi connectivity index (χ3v) is 3.25. The van der Waals surface area contributed by atoms with E-state index in [-0.39, 0.29) is 24.5 Å². The van der Waals surface area contributed by atoms with Crippen molar-refractivity contribution in [2.45, 2.75) is 6.42 Å². The topological polar surface area (TPSA) is 95.9 Å². The SMILES string of the molecule is O=C(CCOc1ccccc1Cl)Nc1ccc(C(=O)O)c(O)c1. The van der Waals surface area contributed by atoms with Crippen LogP contribution in [0.5, 0.6) is 11.5 Å². The summed E-state index contributed by atoms with van der Waals surface area (Å²) in [6, 6.07) is 10.7. The number of benzene rings is 2. The molecule has 3 N–H and O–H groups in total. The van der Waals surface area contributed by atoms with E-state index >= 15 is 0 Å². The molecule has 23 heavy (non-hydrogen) atoms. The van der Waals surface area contributed by atoms with Crippen molar-refractivity contribution in [1.82, 2.24) is 0 Å². The number of aromatic hydroxyl groups is 1. The molecule has 0 aliphatic heterocycles. The lowest BCUT2D eigenvalue weighted by Crippen LogP contribution is -2.15. The van der Waals surface area contributed by atoms with Gasteiger partial charge >= 0.3 is 5.97 Å². The van der Waals surface area contributed by atoms with Crippen LogP contribution >= 0.6 is 11.6 Å². The van der Waals surface area contributed by atoms with E-state index in [1.165, 1.54) is 18.2 Å². The summed E-state index contributed by atoms with van der Waals surface area (Å²) in [7, 11) is 0. The van der Waals surface area contributed by atoms with Crippen molar-refractivity contribution in [3.63, 3.8) is 0 Å². The van der Waals surface area contributed by atoms with Crippen LogP contribution in [-0.2, 0) is 4.79 Å². The lowest BCUT2D eigenvalue weighted by atomic mass is 10.2. The second-order valence-corrected chi connectivity index (χ2v) is 5.02. The standard InChI is InChI=1S/C16H14ClNO5/c17-12-3-1-2-4-14(12)23-8-7-15(20)18-10-5-6-11(16(21)22)13(19)9-10/h1-6,9,19H,7-8H2,(H,18,20)(H,21,22). The Morgan fingerprint density at radius 2 is 1.91 bits per heavy atom. The van der Waals surface area contributed by atoms with Gasteiger partial charge in [-0.25, -0.2) is 4.79 Å². The average Bonchev–Trinajstić information content (AvgIpc) is 2.49. The van der Waals surface area contributed by atoms with Crippen molar-refractivity contribution >= 4 is 29.2 Å². The predicted molar refractivity (Wildman–Crippen MR) is 85.3 cm³/mol. The summed E-state index contributed by atoms with van der Waals surface area (Å²) in [5.74, 6) is -1.50. The van der Waals surface area contributed by atoms with Gasteiger partial charge in [-0.05, 0) is 24.3 Å². The molecule has 0 heterocycles. The number of para-hydroxylation sites is 1. The highest BCUT2D eigenvalue weighted by atomic mass is 35.5. The number of rotatable bonds is 6. The van der Waals surface area contributed by atoms with Gasteiger partial charge in [0.25, 0.3) is 0 Å². The van der Waals surface area contributed by atoms with Crippen LogP contribution in [-0.4, -0.2) is 28.7 Å². The van der Waals surface area contributed by atoms with Crippen LogP contribution in [0, 0.1) is 0 Å². The second kappa shape index (κ2) is 7.51. The first-order valence-electron chi connectivity index (χ1n) is 6.71. The first kappa shape index (κ1) is 16.6. The molecule has 0 unspecified atom stereocenters. The Bertz CT molecular complexity index is 732. The minimum absolute atomic E-state index is 0.0761. The number of halogens is 1. The smallest absolute Gasteiger partial charge is 0.339 e. The van der Waals surface area contributed by atoms with Gasteiger partial charge in [-0.2, -0.15) is 0 Å². The largest absolute Gasteiger partial charge is 0.507 e. The van der Waals surface area contributed by atoms with E-state index < -0.39 is 11.7 Å². The van der Waals surface area contributed by atoms with Gasteiger partial charge in [0.05, 0.1) is 18.1 Å². The van der Waals surface area contributed by atoms with Gasteiger partial charge in [0.1, 0.15) is 17.1 Å². The van der Waals surface area contributed by atoms with Gasteiger partial charge in [-0.1, -0.05) is 23.7 Å². The number of ether oxygens (including phenoxy) is 1. The van der Waals surface area contributed by atoms with Crippen LogP contribution in [0.15, 0.2) is 42.5 Å². The molecule has 7 heteroatoms. The van der Waals surface area contributed by atoms with Gasteiger partial charge in [-0.15, -0.1) is 0 Å². The van der Waals surface area contributed by atoms with Crippen LogP contribution in [0.2, 0.25) is 5.02 Å². The average molecular weight is 336 g/mol. The molecule has 0 atom stereocenters. The maximum atomic E-state index is 11.8. The Kier molecular flexibility index (Phi) is 5.43. The molecule has 6 nitrogen and oxygen atoms in total. The Hall–Kier alpha value is -2.73. The molecule has 120 valence electrons. The van der Waals surface area contributed by atoms with Crippen molar-refractivity contribution in [2.75, 3.05) is 11.9 Å². The lowest BCUT2D eigenvalue weighted by Gasteiger charge is -2.09. The van der Waals surface area contributed by atoms with E-state index in [4.69, 9.17) is 21.4 Å². The van der Waals surface area contributed by atoms with E-state index in [0.29, 0.717) is 16.5 Å². The summed E-state index contributed by atoms with van der Waals surface area (Å²) >= 11 is 5.93. The van der Waals surface area contributed by atoms with Crippen LogP contribution < -0.4 is 10.1 Å². The van der Waals surface area contributed by atoms with Crippen LogP contribution in [0.4, 0.5) is 5.69 Å². The van der Waals surface area contributed by atoms with Gasteiger partial charge in [0, 0.05) is 11.8 Å². The Morgan fingerprint density at radius 1 is 1.17 bits per heavy atom. The maximum Gasteiger partial charge on any atom is 0.339 e. The van der Waals surface area contributed by atoms with Crippen molar-refractivity contribution in [3.05, 3.63) is 53.1 Å². The molecule has 2 aromatic rings. The summed E-state index contributed by atoms with van der Waals surface area (Å²) in [6.45, 7) is 0.134. The van der Waals surface area contributed by atoms with Gasteiger partial charge < -0.3 is 20.3 Å². The first-order valence-corrected chi connectivity index (χ1v) is 7.08. The lowest BCUT2D eigenvalue weighted by molar-refractivity contribution is -0.116. The summed E-state index contributed by atoms with van der Waals surface area (Å²) < 4.78 is 5.40. The van der Waals surface area contributed by atoms with Gasteiger partial charge in [0.15, 0.2) is 0 Å². The van der Waals surface area contributed by atoms with Crippen LogP contribution in [0.3, 0.4) is 0 Å². The third kappa shape index (κ3) is 4.62. The molecular weight excluding hydrogens is 322 g/mol. The van der Waals surface area contributed by atoms with E-state index in [0.717, 1.165) is 0 Å². The Labute approximate surface area is 137 Å². The number of aromatic carboxylic acids is 1. The highest BCUT2D eigenvalue weighted by Crippen LogP contribution is 2.24. The predicted octanol–water partition coefficient (Wildman–Crippen LogP) is 3.15. The van der Waals surface area contributed by atoms with Crippen molar-refractivity contribution in [1.29, 1.82) is 0 Å². The van der Waals surface area contributed by atoms with Crippen molar-refractivity contribution in [3.8, 4) is 11.5 Å². The fraction of sp³-hybridized carbons (Fsp3) is 0.125. The Morgan fingerprint density at radius 3 is 2.57 bits per heavy atom. The highest BCUT2D eigenvalue weighted by Gasteiger charge is 2.11. The molecule has 0 bridgehead atoms. The first-order chi connectivity index (χ1) is 11.0. The quantitative estimate of drug-likeness (QED) is 0.753. The zero-order valence-electron chi connectivity index (χ0n) is 12.0. The number of amides is 1. The van der Waals surface area contributed by atoms with E-state index in [2.05, 4.69) is 5.32 Å². The number of anilines is 1. The molecule has 1 amide bonds. The molecule has 0 saturated carbocycles. The molecule has 0 aliphatic carbocycles. The third-order valence-electron chi connectivity index (χ3n) is 2.94. The molecule has 2 aromatic carbocycles. The number of hydrogen-bond acceptors (Lipinski definition) is 4. The van der Waals surface area contributed by atoms with E-state index in [1.54, 1.807) is 24.3 Å². The maximum absolute atomic E-state index is 11.8. The number of carboxylic acids is 1. The summed E-state index contributed by atoms with van der Waals surface area (Å²) in [5.41, 5.74) is 0.0697. The second-order valence-electron chi connectivity index (χ2n) is 4.61. The highest BCUT2D eigenvalue weighted by molar-refractivity contribution is 6.32. The minimum atomic E-state index is -1.24. The zero-order chi connectivity index (χ0) is 16.8. The Balaban J connectivity index is 1.86. The molecule has 0 fully saturated rings. The van der Waals surface area contributed by atoms with E-state index in [1.807, 2.05) is 0 Å². The van der Waals surface area contributed by atoms with Crippen LogP contribution in [0.25, 0.3) is 0 Å². The van der Waals surface area contributed by atoms with Crippen molar-refractivity contribution < 1.29 is 24.5 Å².